The first-order valence-corrected chi connectivity index (χ1v) is 5.77. The van der Waals surface area contributed by atoms with E-state index in [0.717, 1.165) is 6.42 Å². The summed E-state index contributed by atoms with van der Waals surface area (Å²) in [5.74, 6) is -0.236. The number of likely N-dealkylation sites (tertiary alicyclic amines) is 2. The molecule has 102 valence electrons. The van der Waals surface area contributed by atoms with Gasteiger partial charge in [-0.3, -0.25) is 4.79 Å². The molecule has 6 nitrogen and oxygen atoms in total. The molecule has 2 aliphatic heterocycles. The maximum Gasteiger partial charge on any atom is 0.345 e. The normalized spacial score (nSPS) is 24.5. The summed E-state index contributed by atoms with van der Waals surface area (Å²) in [4.78, 5) is 25.9. The molecule has 3 amide bonds. The van der Waals surface area contributed by atoms with Crippen molar-refractivity contribution in [1.82, 2.24) is 9.80 Å². The van der Waals surface area contributed by atoms with Crippen molar-refractivity contribution in [3.05, 3.63) is 0 Å². The summed E-state index contributed by atoms with van der Waals surface area (Å²) in [7, 11) is 0. The fraction of sp³-hybridized carbons (Fsp3) is 0.800. The second-order valence-corrected chi connectivity index (χ2v) is 4.45. The Morgan fingerprint density at radius 1 is 1.33 bits per heavy atom. The molecule has 2 aliphatic rings. The summed E-state index contributed by atoms with van der Waals surface area (Å²) in [5.41, 5.74) is 5.17. The lowest BCUT2D eigenvalue weighted by atomic mass is 10.1. The van der Waals surface area contributed by atoms with Crippen LogP contribution in [0.4, 0.5) is 13.6 Å². The molecule has 0 aromatic heterocycles. The molecule has 0 bridgehead atoms. The van der Waals surface area contributed by atoms with Crippen molar-refractivity contribution in [3.8, 4) is 0 Å². The number of nitrogens with two attached hydrogens (primary N) is 1. The molecule has 2 fully saturated rings. The van der Waals surface area contributed by atoms with Crippen LogP contribution in [0.15, 0.2) is 0 Å². The smallest absolute Gasteiger partial charge is 0.345 e. The van der Waals surface area contributed by atoms with Gasteiger partial charge in [0.2, 0.25) is 5.91 Å². The van der Waals surface area contributed by atoms with Crippen molar-refractivity contribution >= 4 is 11.9 Å². The van der Waals surface area contributed by atoms with Crippen LogP contribution in [-0.4, -0.2) is 60.1 Å². The third kappa shape index (κ3) is 2.53. The van der Waals surface area contributed by atoms with Crippen molar-refractivity contribution in [1.29, 1.82) is 0 Å². The molecule has 0 aromatic rings. The Bertz CT molecular complexity index is 347. The van der Waals surface area contributed by atoms with Crippen LogP contribution in [0.5, 0.6) is 0 Å². The molecular formula is C10H15F2N3O3. The number of alkyl halides is 2. The Balaban J connectivity index is 1.84. The van der Waals surface area contributed by atoms with Gasteiger partial charge in [-0.2, -0.15) is 8.78 Å². The Hall–Kier alpha value is -1.44. The first-order valence-electron chi connectivity index (χ1n) is 5.77. The van der Waals surface area contributed by atoms with Gasteiger partial charge in [-0.25, -0.2) is 4.79 Å². The van der Waals surface area contributed by atoms with E-state index in [9.17, 15) is 18.4 Å². The first-order chi connectivity index (χ1) is 8.49. The largest absolute Gasteiger partial charge is 0.351 e. The number of rotatable bonds is 3. The van der Waals surface area contributed by atoms with Gasteiger partial charge >= 0.3 is 12.6 Å². The highest BCUT2D eigenvalue weighted by molar-refractivity contribution is 5.87. The number of hydrogen-bond donors (Lipinski definition) is 1. The van der Waals surface area contributed by atoms with Crippen LogP contribution in [0.3, 0.4) is 0 Å². The zero-order valence-corrected chi connectivity index (χ0v) is 9.72. The average molecular weight is 263 g/mol. The van der Waals surface area contributed by atoms with Crippen molar-refractivity contribution in [2.45, 2.75) is 31.6 Å². The number of carbonyl (C=O) groups excluding carboxylic acids is 2. The fourth-order valence-electron chi connectivity index (χ4n) is 2.35. The van der Waals surface area contributed by atoms with Gasteiger partial charge in [-0.05, 0) is 12.8 Å². The number of halogens is 2. The number of ether oxygens (including phenoxy) is 1. The van der Waals surface area contributed by atoms with E-state index in [2.05, 4.69) is 4.74 Å². The molecule has 2 rings (SSSR count). The van der Waals surface area contributed by atoms with Crippen LogP contribution in [0.2, 0.25) is 0 Å². The molecule has 18 heavy (non-hydrogen) atoms. The molecule has 0 radical (unpaired) electrons. The molecule has 0 saturated carbocycles. The third-order valence-corrected chi connectivity index (χ3v) is 3.28. The van der Waals surface area contributed by atoms with Gasteiger partial charge in [0.15, 0.2) is 0 Å². The van der Waals surface area contributed by atoms with Crippen LogP contribution in [0, 0.1) is 0 Å². The number of urea groups is 1. The van der Waals surface area contributed by atoms with Gasteiger partial charge in [-0.15, -0.1) is 0 Å². The summed E-state index contributed by atoms with van der Waals surface area (Å²) in [6.45, 7) is -2.06. The van der Waals surface area contributed by atoms with Gasteiger partial charge in [0.25, 0.3) is 0 Å². The highest BCUT2D eigenvalue weighted by Gasteiger charge is 2.41. The quantitative estimate of drug-likeness (QED) is 0.777. The van der Waals surface area contributed by atoms with E-state index < -0.39 is 24.8 Å². The summed E-state index contributed by atoms with van der Waals surface area (Å²) >= 11 is 0. The zero-order chi connectivity index (χ0) is 13.3. The minimum atomic E-state index is -2.82. The van der Waals surface area contributed by atoms with Crippen molar-refractivity contribution in [2.75, 3.05) is 19.6 Å². The second-order valence-electron chi connectivity index (χ2n) is 4.45. The summed E-state index contributed by atoms with van der Waals surface area (Å²) in [6, 6.07) is -1.17. The minimum absolute atomic E-state index is 0.145. The summed E-state index contributed by atoms with van der Waals surface area (Å²) in [5, 5.41) is 0. The maximum atomic E-state index is 12.0. The predicted molar refractivity (Wildman–Crippen MR) is 56.8 cm³/mol. The lowest BCUT2D eigenvalue weighted by Crippen LogP contribution is -2.60. The van der Waals surface area contributed by atoms with Gasteiger partial charge < -0.3 is 20.3 Å². The molecule has 1 atom stereocenters. The van der Waals surface area contributed by atoms with Gasteiger partial charge in [-0.1, -0.05) is 0 Å². The van der Waals surface area contributed by atoms with E-state index in [1.54, 1.807) is 0 Å². The van der Waals surface area contributed by atoms with Crippen LogP contribution < -0.4 is 5.73 Å². The van der Waals surface area contributed by atoms with Gasteiger partial charge in [0, 0.05) is 19.6 Å². The standard InChI is InChI=1S/C10H15F2N3O3/c11-9(12)18-6-4-14(5-6)8(16)7-2-1-3-15(7)10(13)17/h6-7,9H,1-5H2,(H2,13,17)/t7-/m0/s1. The Kier molecular flexibility index (Phi) is 3.65. The van der Waals surface area contributed by atoms with Crippen molar-refractivity contribution in [3.63, 3.8) is 0 Å². The van der Waals surface area contributed by atoms with E-state index >= 15 is 0 Å². The topological polar surface area (TPSA) is 75.9 Å². The van der Waals surface area contributed by atoms with E-state index in [-0.39, 0.29) is 19.0 Å². The van der Waals surface area contributed by atoms with Gasteiger partial charge in [0.05, 0.1) is 6.10 Å². The van der Waals surface area contributed by atoms with Gasteiger partial charge in [0.1, 0.15) is 6.04 Å². The van der Waals surface area contributed by atoms with E-state index in [1.807, 2.05) is 0 Å². The fourth-order valence-corrected chi connectivity index (χ4v) is 2.35. The molecule has 0 spiro atoms. The lowest BCUT2D eigenvalue weighted by Gasteiger charge is -2.40. The Morgan fingerprint density at radius 3 is 2.56 bits per heavy atom. The second kappa shape index (κ2) is 5.05. The van der Waals surface area contributed by atoms with Crippen molar-refractivity contribution < 1.29 is 23.1 Å². The molecule has 0 unspecified atom stereocenters. The Labute approximate surface area is 103 Å². The highest BCUT2D eigenvalue weighted by Crippen LogP contribution is 2.23. The Morgan fingerprint density at radius 2 is 2.00 bits per heavy atom. The molecule has 0 aromatic carbocycles. The van der Waals surface area contributed by atoms with E-state index in [4.69, 9.17) is 5.73 Å². The molecule has 2 saturated heterocycles. The SMILES string of the molecule is NC(=O)N1CCC[C@H]1C(=O)N1CC(OC(F)F)C1. The molecule has 0 aliphatic carbocycles. The minimum Gasteiger partial charge on any atom is -0.351 e. The summed E-state index contributed by atoms with van der Waals surface area (Å²) in [6.07, 6.45) is 0.681. The lowest BCUT2D eigenvalue weighted by molar-refractivity contribution is -0.200. The number of hydrogen-bond acceptors (Lipinski definition) is 3. The monoisotopic (exact) mass is 263 g/mol. The maximum absolute atomic E-state index is 12.0. The molecule has 2 heterocycles. The zero-order valence-electron chi connectivity index (χ0n) is 9.72. The van der Waals surface area contributed by atoms with Crippen LogP contribution in [0.1, 0.15) is 12.8 Å². The van der Waals surface area contributed by atoms with Crippen LogP contribution in [-0.2, 0) is 9.53 Å². The molecule has 2 N–H and O–H groups in total. The predicted octanol–water partition coefficient (Wildman–Crippen LogP) is -0.0205. The van der Waals surface area contributed by atoms with E-state index in [1.165, 1.54) is 9.80 Å². The van der Waals surface area contributed by atoms with Crippen molar-refractivity contribution in [2.24, 2.45) is 5.73 Å². The van der Waals surface area contributed by atoms with Crippen LogP contribution in [0.25, 0.3) is 0 Å². The molecular weight excluding hydrogens is 248 g/mol. The molecule has 8 heteroatoms. The number of carbonyl (C=O) groups is 2. The van der Waals surface area contributed by atoms with Crippen LogP contribution >= 0.6 is 0 Å². The first kappa shape index (κ1) is 13.0. The number of amides is 3. The third-order valence-electron chi connectivity index (χ3n) is 3.28. The number of nitrogens with zero attached hydrogens (tertiary/aromatic N) is 2. The summed E-state index contributed by atoms with van der Waals surface area (Å²) < 4.78 is 28.1. The highest BCUT2D eigenvalue weighted by atomic mass is 19.3. The van der Waals surface area contributed by atoms with E-state index in [0.29, 0.717) is 13.0 Å². The average Bonchev–Trinajstić information content (AvgIpc) is 2.70. The number of primary amides is 1.